The van der Waals surface area contributed by atoms with Crippen LogP contribution in [0.1, 0.15) is 22.3 Å². The molecule has 6 heteroatoms. The molecule has 0 atom stereocenters. The minimum Gasteiger partial charge on any atom is -0.465 e. The first-order valence-corrected chi connectivity index (χ1v) is 5.27. The van der Waals surface area contributed by atoms with Gasteiger partial charge in [0.1, 0.15) is 0 Å². The number of esters is 1. The molecule has 0 radical (unpaired) electrons. The lowest BCUT2D eigenvalue weighted by molar-refractivity contribution is -0.116. The van der Waals surface area contributed by atoms with Gasteiger partial charge in [0.2, 0.25) is 5.91 Å². The fourth-order valence-electron chi connectivity index (χ4n) is 1.35. The van der Waals surface area contributed by atoms with E-state index in [1.54, 1.807) is 18.2 Å². The Morgan fingerprint density at radius 2 is 2.06 bits per heavy atom. The molecule has 0 bridgehead atoms. The number of anilines is 1. The van der Waals surface area contributed by atoms with Crippen LogP contribution in [0.5, 0.6) is 0 Å². The summed E-state index contributed by atoms with van der Waals surface area (Å²) in [6, 6.07) is 5.00. The van der Waals surface area contributed by atoms with Crippen LogP contribution in [0, 0.1) is 6.92 Å². The summed E-state index contributed by atoms with van der Waals surface area (Å²) in [7, 11) is 1.31. The minimum atomic E-state index is -0.431. The summed E-state index contributed by atoms with van der Waals surface area (Å²) in [6.45, 7) is 2.14. The van der Waals surface area contributed by atoms with Crippen molar-refractivity contribution in [3.63, 3.8) is 0 Å². The van der Waals surface area contributed by atoms with Crippen molar-refractivity contribution in [3.8, 4) is 0 Å². The fourth-order valence-corrected chi connectivity index (χ4v) is 1.35. The van der Waals surface area contributed by atoms with E-state index in [1.165, 1.54) is 7.11 Å². The van der Waals surface area contributed by atoms with Crippen LogP contribution in [-0.2, 0) is 9.53 Å². The predicted octanol–water partition coefficient (Wildman–Crippen LogP) is 1.49. The van der Waals surface area contributed by atoms with Crippen molar-refractivity contribution in [1.82, 2.24) is 0 Å². The topological polar surface area (TPSA) is 81.4 Å². The van der Waals surface area contributed by atoms with E-state index < -0.39 is 5.97 Å². The smallest absolute Gasteiger partial charge is 0.337 e. The van der Waals surface area contributed by atoms with E-state index >= 15 is 0 Å². The summed E-state index contributed by atoms with van der Waals surface area (Å²) in [5.41, 5.74) is 7.17. The Morgan fingerprint density at radius 1 is 1.39 bits per heavy atom. The van der Waals surface area contributed by atoms with Crippen LogP contribution in [-0.4, -0.2) is 25.5 Å². The largest absolute Gasteiger partial charge is 0.465 e. The third-order valence-electron chi connectivity index (χ3n) is 2.30. The standard InChI is InChI=1S/C12H16N2O3.ClH/c1-8-3-4-9(12(16)17-2)7-10(8)14-11(15)5-6-13;/h3-4,7H,5-6,13H2,1-2H3,(H,14,15);1H. The van der Waals surface area contributed by atoms with Crippen molar-refractivity contribution >= 4 is 30.0 Å². The Kier molecular flexibility index (Phi) is 7.00. The van der Waals surface area contributed by atoms with Gasteiger partial charge in [-0.2, -0.15) is 0 Å². The van der Waals surface area contributed by atoms with Crippen LogP contribution in [0.25, 0.3) is 0 Å². The van der Waals surface area contributed by atoms with Gasteiger partial charge in [-0.1, -0.05) is 6.07 Å². The molecule has 1 amide bonds. The average Bonchev–Trinajstić information content (AvgIpc) is 2.31. The van der Waals surface area contributed by atoms with Crippen molar-refractivity contribution in [1.29, 1.82) is 0 Å². The Balaban J connectivity index is 0.00000289. The molecular weight excluding hydrogens is 256 g/mol. The SMILES string of the molecule is COC(=O)c1ccc(C)c(NC(=O)CCN)c1.Cl. The van der Waals surface area contributed by atoms with Gasteiger partial charge in [-0.15, -0.1) is 12.4 Å². The maximum atomic E-state index is 11.4. The number of nitrogens with two attached hydrogens (primary N) is 1. The number of carbonyl (C=O) groups excluding carboxylic acids is 2. The number of hydrogen-bond donors (Lipinski definition) is 2. The van der Waals surface area contributed by atoms with Crippen LogP contribution in [0.3, 0.4) is 0 Å². The molecule has 0 heterocycles. The van der Waals surface area contributed by atoms with Crippen molar-refractivity contribution < 1.29 is 14.3 Å². The molecule has 18 heavy (non-hydrogen) atoms. The van der Waals surface area contributed by atoms with Crippen molar-refractivity contribution in [2.24, 2.45) is 5.73 Å². The number of ether oxygens (including phenoxy) is 1. The van der Waals surface area contributed by atoms with Gasteiger partial charge in [-0.05, 0) is 24.6 Å². The third kappa shape index (κ3) is 4.35. The summed E-state index contributed by atoms with van der Waals surface area (Å²) < 4.78 is 4.61. The number of aryl methyl sites for hydroxylation is 1. The van der Waals surface area contributed by atoms with E-state index in [4.69, 9.17) is 5.73 Å². The zero-order chi connectivity index (χ0) is 12.8. The zero-order valence-corrected chi connectivity index (χ0v) is 11.2. The number of amides is 1. The molecule has 1 aromatic carbocycles. The maximum Gasteiger partial charge on any atom is 0.337 e. The molecule has 1 rings (SSSR count). The molecule has 100 valence electrons. The lowest BCUT2D eigenvalue weighted by Crippen LogP contribution is -2.17. The molecule has 0 fully saturated rings. The molecule has 0 unspecified atom stereocenters. The van der Waals surface area contributed by atoms with Gasteiger partial charge in [-0.3, -0.25) is 4.79 Å². The number of rotatable bonds is 4. The van der Waals surface area contributed by atoms with Crippen molar-refractivity contribution in [2.75, 3.05) is 19.0 Å². The Labute approximate surface area is 112 Å². The molecule has 0 spiro atoms. The second-order valence-electron chi connectivity index (χ2n) is 3.61. The predicted molar refractivity (Wildman–Crippen MR) is 72.1 cm³/mol. The van der Waals surface area contributed by atoms with Gasteiger partial charge in [0.25, 0.3) is 0 Å². The molecule has 0 aliphatic heterocycles. The quantitative estimate of drug-likeness (QED) is 0.814. The second-order valence-corrected chi connectivity index (χ2v) is 3.61. The van der Waals surface area contributed by atoms with Crippen molar-refractivity contribution in [3.05, 3.63) is 29.3 Å². The van der Waals surface area contributed by atoms with Crippen molar-refractivity contribution in [2.45, 2.75) is 13.3 Å². The summed E-state index contributed by atoms with van der Waals surface area (Å²) in [6.07, 6.45) is 0.252. The molecule has 5 nitrogen and oxygen atoms in total. The van der Waals surface area contributed by atoms with E-state index in [2.05, 4.69) is 10.1 Å². The Bertz CT molecular complexity index is 435. The monoisotopic (exact) mass is 272 g/mol. The highest BCUT2D eigenvalue weighted by Crippen LogP contribution is 2.17. The lowest BCUT2D eigenvalue weighted by Gasteiger charge is -2.09. The third-order valence-corrected chi connectivity index (χ3v) is 2.30. The Hall–Kier alpha value is -1.59. The highest BCUT2D eigenvalue weighted by atomic mass is 35.5. The lowest BCUT2D eigenvalue weighted by atomic mass is 10.1. The first-order chi connectivity index (χ1) is 8.08. The van der Waals surface area contributed by atoms with E-state index in [-0.39, 0.29) is 24.7 Å². The molecule has 0 aromatic heterocycles. The molecular formula is C12H17ClN2O3. The van der Waals surface area contributed by atoms with Crippen LogP contribution in [0.2, 0.25) is 0 Å². The number of nitrogens with one attached hydrogen (secondary N) is 1. The molecule has 3 N–H and O–H groups in total. The molecule has 0 saturated heterocycles. The number of benzene rings is 1. The van der Waals surface area contributed by atoms with E-state index in [9.17, 15) is 9.59 Å². The summed E-state index contributed by atoms with van der Waals surface area (Å²) in [5.74, 6) is -0.600. The molecule has 0 aliphatic rings. The summed E-state index contributed by atoms with van der Waals surface area (Å²) in [5, 5.41) is 2.70. The number of methoxy groups -OCH3 is 1. The van der Waals surface area contributed by atoms with Gasteiger partial charge in [-0.25, -0.2) is 4.79 Å². The molecule has 1 aromatic rings. The average molecular weight is 273 g/mol. The van der Waals surface area contributed by atoms with Gasteiger partial charge < -0.3 is 15.8 Å². The number of halogens is 1. The van der Waals surface area contributed by atoms with E-state index in [0.717, 1.165) is 5.56 Å². The number of hydrogen-bond acceptors (Lipinski definition) is 4. The van der Waals surface area contributed by atoms with Gasteiger partial charge in [0, 0.05) is 18.7 Å². The number of carbonyl (C=O) groups is 2. The molecule has 0 aliphatic carbocycles. The summed E-state index contributed by atoms with van der Waals surface area (Å²) in [4.78, 5) is 22.7. The zero-order valence-electron chi connectivity index (χ0n) is 10.4. The molecule has 0 saturated carbocycles. The van der Waals surface area contributed by atoms with E-state index in [1.807, 2.05) is 6.92 Å². The van der Waals surface area contributed by atoms with E-state index in [0.29, 0.717) is 17.8 Å². The Morgan fingerprint density at radius 3 is 2.61 bits per heavy atom. The maximum absolute atomic E-state index is 11.4. The first kappa shape index (κ1) is 16.4. The van der Waals surface area contributed by atoms with Gasteiger partial charge in [0.15, 0.2) is 0 Å². The fraction of sp³-hybridized carbons (Fsp3) is 0.333. The normalized spacial score (nSPS) is 9.28. The second kappa shape index (κ2) is 7.68. The van der Waals surface area contributed by atoms with Crippen LogP contribution in [0.4, 0.5) is 5.69 Å². The first-order valence-electron chi connectivity index (χ1n) is 5.27. The van der Waals surface area contributed by atoms with Gasteiger partial charge >= 0.3 is 5.97 Å². The van der Waals surface area contributed by atoms with Gasteiger partial charge in [0.05, 0.1) is 12.7 Å². The van der Waals surface area contributed by atoms with Crippen LogP contribution in [0.15, 0.2) is 18.2 Å². The van der Waals surface area contributed by atoms with Crippen LogP contribution >= 0.6 is 12.4 Å². The highest BCUT2D eigenvalue weighted by Gasteiger charge is 2.09. The highest BCUT2D eigenvalue weighted by molar-refractivity contribution is 5.95. The van der Waals surface area contributed by atoms with Crippen LogP contribution < -0.4 is 11.1 Å². The minimum absolute atomic E-state index is 0. The summed E-state index contributed by atoms with van der Waals surface area (Å²) >= 11 is 0.